The molecule has 0 radical (unpaired) electrons. The first-order valence-electron chi connectivity index (χ1n) is 5.31. The second-order valence-corrected chi connectivity index (χ2v) is 7.01. The van der Waals surface area contributed by atoms with Gasteiger partial charge in [-0.1, -0.05) is 0 Å². The van der Waals surface area contributed by atoms with Gasteiger partial charge in [0.1, 0.15) is 11.6 Å². The summed E-state index contributed by atoms with van der Waals surface area (Å²) in [5.74, 6) is 5.88. The van der Waals surface area contributed by atoms with E-state index in [-0.39, 0.29) is 11.9 Å². The molecule has 3 nitrogen and oxygen atoms in total. The van der Waals surface area contributed by atoms with Crippen LogP contribution in [-0.2, 0) is 0 Å². The van der Waals surface area contributed by atoms with E-state index in [0.29, 0.717) is 11.3 Å². The zero-order chi connectivity index (χ0) is 14.0. The maximum Gasteiger partial charge on any atom is 0.124 e. The number of halogens is 3. The molecule has 0 bridgehead atoms. The van der Waals surface area contributed by atoms with Crippen LogP contribution in [0.4, 0.5) is 4.39 Å². The minimum atomic E-state index is -0.335. The molecule has 1 atom stereocenters. The van der Waals surface area contributed by atoms with Gasteiger partial charge < -0.3 is 4.74 Å². The van der Waals surface area contributed by atoms with Gasteiger partial charge in [0, 0.05) is 14.9 Å². The van der Waals surface area contributed by atoms with E-state index in [4.69, 9.17) is 10.6 Å². The lowest BCUT2D eigenvalue weighted by Gasteiger charge is -2.17. The molecule has 102 valence electrons. The van der Waals surface area contributed by atoms with Gasteiger partial charge in [0.05, 0.1) is 16.9 Å². The number of hydrazine groups is 1. The number of methoxy groups -OCH3 is 1. The van der Waals surface area contributed by atoms with E-state index in [0.717, 1.165) is 13.1 Å². The first-order valence-corrected chi connectivity index (χ1v) is 7.71. The Morgan fingerprint density at radius 3 is 2.63 bits per heavy atom. The fraction of sp³-hybridized carbons (Fsp3) is 0.167. The third-order valence-electron chi connectivity index (χ3n) is 2.62. The molecule has 1 heterocycles. The van der Waals surface area contributed by atoms with Gasteiger partial charge in [0.2, 0.25) is 0 Å². The van der Waals surface area contributed by atoms with E-state index in [1.165, 1.54) is 23.5 Å². The summed E-state index contributed by atoms with van der Waals surface area (Å²) in [4.78, 5) is 0.949. The number of benzene rings is 1. The number of rotatable bonds is 4. The van der Waals surface area contributed by atoms with Crippen LogP contribution in [0.15, 0.2) is 32.5 Å². The van der Waals surface area contributed by atoms with Crippen LogP contribution in [0.25, 0.3) is 0 Å². The number of nitrogens with two attached hydrogens (primary N) is 1. The minimum Gasteiger partial charge on any atom is -0.496 e. The fourth-order valence-corrected chi connectivity index (χ4v) is 3.93. The number of ether oxygens (including phenoxy) is 1. The Balaban J connectivity index is 2.50. The second-order valence-electron chi connectivity index (χ2n) is 3.76. The van der Waals surface area contributed by atoms with Crippen molar-refractivity contribution in [3.63, 3.8) is 0 Å². The summed E-state index contributed by atoms with van der Waals surface area (Å²) in [6.45, 7) is 0. The number of hydrogen-bond acceptors (Lipinski definition) is 4. The predicted molar refractivity (Wildman–Crippen MR) is 81.8 cm³/mol. The summed E-state index contributed by atoms with van der Waals surface area (Å²) in [5.41, 5.74) is 3.36. The molecule has 3 N–H and O–H groups in total. The minimum absolute atomic E-state index is 0.328. The molecule has 0 aliphatic carbocycles. The summed E-state index contributed by atoms with van der Waals surface area (Å²) < 4.78 is 20.6. The molecule has 7 heteroatoms. The maximum absolute atomic E-state index is 13.4. The van der Waals surface area contributed by atoms with Crippen LogP contribution in [-0.4, -0.2) is 7.11 Å². The SMILES string of the molecule is COc1ccc(F)cc1C(NN)c1cc(Br)c(Br)s1. The Kier molecular flexibility index (Phi) is 4.97. The van der Waals surface area contributed by atoms with Crippen molar-refractivity contribution >= 4 is 43.2 Å². The summed E-state index contributed by atoms with van der Waals surface area (Å²) in [6, 6.07) is 5.97. The molecule has 0 saturated carbocycles. The molecule has 0 aliphatic heterocycles. The van der Waals surface area contributed by atoms with Gasteiger partial charge >= 0.3 is 0 Å². The third kappa shape index (κ3) is 3.17. The van der Waals surface area contributed by atoms with Crippen molar-refractivity contribution in [1.82, 2.24) is 5.43 Å². The van der Waals surface area contributed by atoms with Crippen molar-refractivity contribution in [3.05, 3.63) is 48.8 Å². The molecule has 2 rings (SSSR count). The largest absolute Gasteiger partial charge is 0.496 e. The zero-order valence-corrected chi connectivity index (χ0v) is 13.9. The van der Waals surface area contributed by atoms with E-state index in [2.05, 4.69) is 37.3 Å². The highest BCUT2D eigenvalue weighted by Crippen LogP contribution is 2.39. The van der Waals surface area contributed by atoms with Crippen molar-refractivity contribution in [3.8, 4) is 5.75 Å². The van der Waals surface area contributed by atoms with Gasteiger partial charge in [-0.2, -0.15) is 0 Å². The monoisotopic (exact) mass is 408 g/mol. The average molecular weight is 410 g/mol. The van der Waals surface area contributed by atoms with Gasteiger partial charge in [-0.25, -0.2) is 9.82 Å². The van der Waals surface area contributed by atoms with Gasteiger partial charge in [-0.15, -0.1) is 11.3 Å². The van der Waals surface area contributed by atoms with Crippen LogP contribution < -0.4 is 16.0 Å². The Morgan fingerprint density at radius 1 is 1.37 bits per heavy atom. The lowest BCUT2D eigenvalue weighted by molar-refractivity contribution is 0.403. The Morgan fingerprint density at radius 2 is 2.11 bits per heavy atom. The van der Waals surface area contributed by atoms with E-state index in [1.54, 1.807) is 13.2 Å². The van der Waals surface area contributed by atoms with Crippen LogP contribution in [0.1, 0.15) is 16.5 Å². The molecular formula is C12H11Br2FN2OS. The average Bonchev–Trinajstić information content (AvgIpc) is 2.70. The van der Waals surface area contributed by atoms with Crippen LogP contribution in [0.3, 0.4) is 0 Å². The number of hydrogen-bond donors (Lipinski definition) is 2. The first kappa shape index (κ1) is 14.9. The number of thiophene rings is 1. The van der Waals surface area contributed by atoms with Crippen molar-refractivity contribution < 1.29 is 9.13 Å². The van der Waals surface area contributed by atoms with Crippen LogP contribution in [0.5, 0.6) is 5.75 Å². The highest BCUT2D eigenvalue weighted by Gasteiger charge is 2.20. The predicted octanol–water partition coefficient (Wildman–Crippen LogP) is 3.97. The van der Waals surface area contributed by atoms with Crippen molar-refractivity contribution in [2.45, 2.75) is 6.04 Å². The second kappa shape index (κ2) is 6.32. The van der Waals surface area contributed by atoms with E-state index >= 15 is 0 Å². The third-order valence-corrected chi connectivity index (χ3v) is 5.94. The number of nitrogens with one attached hydrogen (secondary N) is 1. The molecule has 1 aromatic heterocycles. The van der Waals surface area contributed by atoms with Crippen molar-refractivity contribution in [2.24, 2.45) is 5.84 Å². The molecule has 19 heavy (non-hydrogen) atoms. The maximum atomic E-state index is 13.4. The molecule has 1 unspecified atom stereocenters. The molecule has 2 aromatic rings. The summed E-state index contributed by atoms with van der Waals surface area (Å²) in [7, 11) is 1.55. The van der Waals surface area contributed by atoms with Gasteiger partial charge in [-0.3, -0.25) is 5.84 Å². The summed E-state index contributed by atoms with van der Waals surface area (Å²) in [6.07, 6.45) is 0. The molecule has 0 aliphatic rings. The molecule has 0 saturated heterocycles. The normalized spacial score (nSPS) is 12.5. The Bertz CT molecular complexity index is 572. The molecular weight excluding hydrogens is 399 g/mol. The van der Waals surface area contributed by atoms with Crippen LogP contribution in [0.2, 0.25) is 0 Å². The quantitative estimate of drug-likeness (QED) is 0.593. The molecule has 0 amide bonds. The van der Waals surface area contributed by atoms with Gasteiger partial charge in [0.25, 0.3) is 0 Å². The first-order chi connectivity index (χ1) is 9.06. The molecule has 0 fully saturated rings. The summed E-state index contributed by atoms with van der Waals surface area (Å²) >= 11 is 8.38. The van der Waals surface area contributed by atoms with E-state index in [1.807, 2.05) is 6.07 Å². The Hall–Kier alpha value is -0.470. The summed E-state index contributed by atoms with van der Waals surface area (Å²) in [5, 5.41) is 0. The van der Waals surface area contributed by atoms with Crippen molar-refractivity contribution in [1.29, 1.82) is 0 Å². The van der Waals surface area contributed by atoms with Gasteiger partial charge in [0.15, 0.2) is 0 Å². The molecule has 1 aromatic carbocycles. The van der Waals surface area contributed by atoms with E-state index in [9.17, 15) is 4.39 Å². The van der Waals surface area contributed by atoms with Crippen LogP contribution in [0, 0.1) is 5.82 Å². The molecule has 0 spiro atoms. The smallest absolute Gasteiger partial charge is 0.124 e. The van der Waals surface area contributed by atoms with Gasteiger partial charge in [-0.05, 0) is 56.1 Å². The van der Waals surface area contributed by atoms with Crippen LogP contribution >= 0.6 is 43.2 Å². The highest BCUT2D eigenvalue weighted by molar-refractivity contribution is 9.13. The highest BCUT2D eigenvalue weighted by atomic mass is 79.9. The van der Waals surface area contributed by atoms with E-state index < -0.39 is 0 Å². The lowest BCUT2D eigenvalue weighted by atomic mass is 10.0. The Labute approximate surface area is 131 Å². The van der Waals surface area contributed by atoms with Crippen molar-refractivity contribution in [2.75, 3.05) is 7.11 Å². The standard InChI is InChI=1S/C12H11Br2FN2OS/c1-18-9-3-2-6(15)4-7(9)11(17-16)10-5-8(13)12(14)19-10/h2-5,11,17H,16H2,1H3. The zero-order valence-electron chi connectivity index (χ0n) is 9.91. The topological polar surface area (TPSA) is 47.3 Å². The lowest BCUT2D eigenvalue weighted by Crippen LogP contribution is -2.28. The fourth-order valence-electron chi connectivity index (χ4n) is 1.76.